The van der Waals surface area contributed by atoms with E-state index in [-0.39, 0.29) is 6.23 Å². The lowest BCUT2D eigenvalue weighted by Crippen LogP contribution is -2.22. The number of halogens is 1. The molecule has 1 fully saturated rings. The summed E-state index contributed by atoms with van der Waals surface area (Å²) in [5.74, 6) is 0.856. The zero-order valence-electron chi connectivity index (χ0n) is 13.9. The van der Waals surface area contributed by atoms with Gasteiger partial charge in [-0.25, -0.2) is 0 Å². The van der Waals surface area contributed by atoms with Crippen molar-refractivity contribution in [1.82, 2.24) is 4.57 Å². The molecule has 1 saturated heterocycles. The van der Waals surface area contributed by atoms with Gasteiger partial charge in [-0.05, 0) is 54.6 Å². The second-order valence-electron chi connectivity index (χ2n) is 5.94. The first-order valence-corrected chi connectivity index (χ1v) is 8.58. The van der Waals surface area contributed by atoms with Crippen molar-refractivity contribution in [3.8, 4) is 11.4 Å². The fourth-order valence-electron chi connectivity index (χ4n) is 3.12. The van der Waals surface area contributed by atoms with Gasteiger partial charge in [0.25, 0.3) is 0 Å². The van der Waals surface area contributed by atoms with Gasteiger partial charge >= 0.3 is 0 Å². The zero-order valence-corrected chi connectivity index (χ0v) is 14.7. The minimum atomic E-state index is -0.0815. The van der Waals surface area contributed by atoms with Crippen LogP contribution in [0.4, 0.5) is 5.69 Å². The van der Waals surface area contributed by atoms with Crippen molar-refractivity contribution in [2.45, 2.75) is 6.23 Å². The molecular formula is C20H19ClN2O2. The van der Waals surface area contributed by atoms with Crippen molar-refractivity contribution in [3.05, 3.63) is 77.6 Å². The van der Waals surface area contributed by atoms with Crippen LogP contribution in [0.1, 0.15) is 11.8 Å². The van der Waals surface area contributed by atoms with E-state index in [0.717, 1.165) is 34.3 Å². The number of nitrogens with zero attached hydrogens (tertiary/aromatic N) is 2. The normalized spacial score (nSPS) is 17.0. The second-order valence-corrected chi connectivity index (χ2v) is 6.38. The molecule has 0 spiro atoms. The average molecular weight is 355 g/mol. The Morgan fingerprint density at radius 3 is 2.44 bits per heavy atom. The number of hydrogen-bond donors (Lipinski definition) is 0. The van der Waals surface area contributed by atoms with E-state index in [1.165, 1.54) is 0 Å². The van der Waals surface area contributed by atoms with Gasteiger partial charge in [-0.3, -0.25) is 0 Å². The van der Waals surface area contributed by atoms with E-state index < -0.39 is 0 Å². The third kappa shape index (κ3) is 3.23. The van der Waals surface area contributed by atoms with Gasteiger partial charge in [-0.2, -0.15) is 0 Å². The van der Waals surface area contributed by atoms with E-state index in [2.05, 4.69) is 33.9 Å². The maximum absolute atomic E-state index is 5.99. The Kier molecular flexibility index (Phi) is 4.38. The van der Waals surface area contributed by atoms with Gasteiger partial charge in [0.15, 0.2) is 6.23 Å². The topological polar surface area (TPSA) is 26.6 Å². The van der Waals surface area contributed by atoms with Crippen LogP contribution in [0.2, 0.25) is 5.02 Å². The molecule has 128 valence electrons. The molecule has 0 unspecified atom stereocenters. The van der Waals surface area contributed by atoms with E-state index >= 15 is 0 Å². The molecule has 1 aromatic heterocycles. The monoisotopic (exact) mass is 354 g/mol. The molecule has 0 N–H and O–H groups in total. The first-order chi connectivity index (χ1) is 12.2. The summed E-state index contributed by atoms with van der Waals surface area (Å²) in [6, 6.07) is 18.0. The Hall–Kier alpha value is -2.43. The predicted octanol–water partition coefficient (Wildman–Crippen LogP) is 4.67. The number of aromatic nitrogens is 1. The standard InChI is InChI=1S/C20H19ClN2O2/c1-24-19-8-6-18(7-9-19)23-12-13-25-20(23)15-10-11-22(14-15)17-4-2-16(21)3-5-17/h2-11,14,20H,12-13H2,1H3/t20-/m1/s1. The lowest BCUT2D eigenvalue weighted by molar-refractivity contribution is 0.114. The van der Waals surface area contributed by atoms with Crippen LogP contribution in [0.25, 0.3) is 5.69 Å². The summed E-state index contributed by atoms with van der Waals surface area (Å²) in [6.45, 7) is 1.58. The van der Waals surface area contributed by atoms with Crippen molar-refractivity contribution in [2.24, 2.45) is 0 Å². The Morgan fingerprint density at radius 2 is 1.72 bits per heavy atom. The van der Waals surface area contributed by atoms with Crippen molar-refractivity contribution in [1.29, 1.82) is 0 Å². The summed E-state index contributed by atoms with van der Waals surface area (Å²) in [6.07, 6.45) is 4.07. The molecule has 0 saturated carbocycles. The van der Waals surface area contributed by atoms with Crippen LogP contribution in [-0.2, 0) is 4.74 Å². The molecule has 3 aromatic rings. The fourth-order valence-corrected chi connectivity index (χ4v) is 3.24. The summed E-state index contributed by atoms with van der Waals surface area (Å²) in [4.78, 5) is 2.26. The summed E-state index contributed by atoms with van der Waals surface area (Å²) in [7, 11) is 1.68. The minimum Gasteiger partial charge on any atom is -0.497 e. The zero-order chi connectivity index (χ0) is 17.2. The molecule has 25 heavy (non-hydrogen) atoms. The Bertz CT molecular complexity index is 843. The first kappa shape index (κ1) is 16.1. The summed E-state index contributed by atoms with van der Waals surface area (Å²) in [5, 5.41) is 0.737. The molecule has 0 radical (unpaired) electrons. The van der Waals surface area contributed by atoms with Gasteiger partial charge in [0.05, 0.1) is 13.7 Å². The molecule has 1 aliphatic heterocycles. The number of benzene rings is 2. The molecule has 0 aliphatic carbocycles. The molecule has 5 heteroatoms. The quantitative estimate of drug-likeness (QED) is 0.681. The van der Waals surface area contributed by atoms with Crippen molar-refractivity contribution in [2.75, 3.05) is 25.2 Å². The number of ether oxygens (including phenoxy) is 2. The molecule has 1 aliphatic rings. The Balaban J connectivity index is 1.59. The number of hydrogen-bond acceptors (Lipinski definition) is 3. The third-order valence-corrected chi connectivity index (χ3v) is 4.67. The number of anilines is 1. The lowest BCUT2D eigenvalue weighted by Gasteiger charge is -2.24. The molecule has 2 aromatic carbocycles. The molecule has 0 amide bonds. The predicted molar refractivity (Wildman–Crippen MR) is 99.8 cm³/mol. The molecule has 4 nitrogen and oxygen atoms in total. The van der Waals surface area contributed by atoms with Crippen LogP contribution in [0.15, 0.2) is 67.0 Å². The highest BCUT2D eigenvalue weighted by Crippen LogP contribution is 2.33. The SMILES string of the molecule is COc1ccc(N2CCO[C@@H]2c2ccn(-c3ccc(Cl)cc3)c2)cc1. The van der Waals surface area contributed by atoms with Gasteiger partial charge in [-0.1, -0.05) is 11.6 Å². The molecule has 0 bridgehead atoms. The largest absolute Gasteiger partial charge is 0.497 e. The Morgan fingerprint density at radius 1 is 1.00 bits per heavy atom. The van der Waals surface area contributed by atoms with Gasteiger partial charge < -0.3 is 18.9 Å². The highest BCUT2D eigenvalue weighted by molar-refractivity contribution is 6.30. The van der Waals surface area contributed by atoms with Crippen LogP contribution >= 0.6 is 11.6 Å². The van der Waals surface area contributed by atoms with Crippen LogP contribution in [-0.4, -0.2) is 24.8 Å². The highest BCUT2D eigenvalue weighted by atomic mass is 35.5. The minimum absolute atomic E-state index is 0.0815. The van der Waals surface area contributed by atoms with Crippen molar-refractivity contribution in [3.63, 3.8) is 0 Å². The van der Waals surface area contributed by atoms with E-state index in [1.54, 1.807) is 7.11 Å². The fraction of sp³-hybridized carbons (Fsp3) is 0.200. The van der Waals surface area contributed by atoms with Gasteiger partial charge in [0.2, 0.25) is 0 Å². The van der Waals surface area contributed by atoms with Crippen LogP contribution in [0, 0.1) is 0 Å². The van der Waals surface area contributed by atoms with Crippen LogP contribution in [0.5, 0.6) is 5.75 Å². The van der Waals surface area contributed by atoms with Gasteiger partial charge in [0.1, 0.15) is 5.75 Å². The number of rotatable bonds is 4. The van der Waals surface area contributed by atoms with E-state index in [4.69, 9.17) is 21.1 Å². The number of methoxy groups -OCH3 is 1. The van der Waals surface area contributed by atoms with Crippen molar-refractivity contribution < 1.29 is 9.47 Å². The van der Waals surface area contributed by atoms with Gasteiger partial charge in [-0.15, -0.1) is 0 Å². The maximum atomic E-state index is 5.99. The average Bonchev–Trinajstić information content (AvgIpc) is 3.31. The molecule has 1 atom stereocenters. The summed E-state index contributed by atoms with van der Waals surface area (Å²) in [5.41, 5.74) is 3.33. The second kappa shape index (κ2) is 6.82. The molecule has 4 rings (SSSR count). The van der Waals surface area contributed by atoms with Crippen LogP contribution < -0.4 is 9.64 Å². The Labute approximate surface area is 152 Å². The smallest absolute Gasteiger partial charge is 0.158 e. The van der Waals surface area contributed by atoms with Crippen LogP contribution in [0.3, 0.4) is 0 Å². The van der Waals surface area contributed by atoms with Gasteiger partial charge in [0, 0.05) is 40.9 Å². The van der Waals surface area contributed by atoms with Crippen molar-refractivity contribution >= 4 is 17.3 Å². The molecular weight excluding hydrogens is 336 g/mol. The third-order valence-electron chi connectivity index (χ3n) is 4.42. The van der Waals surface area contributed by atoms with E-state index in [9.17, 15) is 0 Å². The maximum Gasteiger partial charge on any atom is 0.158 e. The highest BCUT2D eigenvalue weighted by Gasteiger charge is 2.28. The summed E-state index contributed by atoms with van der Waals surface area (Å²) < 4.78 is 13.3. The van der Waals surface area contributed by atoms with E-state index in [0.29, 0.717) is 6.61 Å². The first-order valence-electron chi connectivity index (χ1n) is 8.21. The van der Waals surface area contributed by atoms with E-state index in [1.807, 2.05) is 42.6 Å². The molecule has 2 heterocycles. The summed E-state index contributed by atoms with van der Waals surface area (Å²) >= 11 is 5.97. The lowest BCUT2D eigenvalue weighted by atomic mass is 10.2.